The van der Waals surface area contributed by atoms with Crippen LogP contribution in [0.1, 0.15) is 6.92 Å². The molecular weight excluding hydrogens is 142 g/mol. The van der Waals surface area contributed by atoms with Crippen LogP contribution in [0, 0.1) is 0 Å². The molecule has 0 fully saturated rings. The highest BCUT2D eigenvalue weighted by atomic mass is 16.2. The Morgan fingerprint density at radius 3 is 1.73 bits per heavy atom. The third-order valence-electron chi connectivity index (χ3n) is 1.03. The van der Waals surface area contributed by atoms with E-state index < -0.39 is 0 Å². The molecule has 0 unspecified atom stereocenters. The fraction of sp³-hybridized carbons (Fsp3) is 0.250. The summed E-state index contributed by atoms with van der Waals surface area (Å²) in [5.74, 6) is -0.481. The van der Waals surface area contributed by atoms with Gasteiger partial charge in [-0.05, 0) is 6.92 Å². The summed E-state index contributed by atoms with van der Waals surface area (Å²) >= 11 is 0. The Labute approximate surface area is 66.0 Å². The molecule has 0 aromatic heterocycles. The van der Waals surface area contributed by atoms with Gasteiger partial charge in [-0.25, -0.2) is 0 Å². The Balaban J connectivity index is 0.000000292. The van der Waals surface area contributed by atoms with E-state index in [1.165, 1.54) is 19.2 Å². The summed E-state index contributed by atoms with van der Waals surface area (Å²) in [6.45, 7) is 5.25. The molecule has 0 N–H and O–H groups in total. The number of carbonyl (C=O) groups excluding carboxylic acids is 2. The molecule has 1 rings (SSSR count). The summed E-state index contributed by atoms with van der Waals surface area (Å²) < 4.78 is 0. The zero-order chi connectivity index (χ0) is 8.85. The van der Waals surface area contributed by atoms with E-state index in [1.807, 2.05) is 6.92 Å². The van der Waals surface area contributed by atoms with Gasteiger partial charge in [0.25, 0.3) is 11.8 Å². The number of likely N-dealkylation sites (N-methyl/N-ethyl adjacent to an activating group) is 1. The maximum atomic E-state index is 10.4. The Bertz CT molecular complexity index is 188. The van der Waals surface area contributed by atoms with Crippen LogP contribution in [0.15, 0.2) is 24.8 Å². The summed E-state index contributed by atoms with van der Waals surface area (Å²) in [5.41, 5.74) is 0. The largest absolute Gasteiger partial charge is 0.279 e. The molecule has 3 heteroatoms. The third-order valence-corrected chi connectivity index (χ3v) is 1.03. The molecule has 0 atom stereocenters. The third kappa shape index (κ3) is 2.80. The predicted molar refractivity (Wildman–Crippen MR) is 42.8 cm³/mol. The Kier molecular flexibility index (Phi) is 3.88. The summed E-state index contributed by atoms with van der Waals surface area (Å²) in [6, 6.07) is 0. The molecule has 0 aliphatic carbocycles. The smallest absolute Gasteiger partial charge is 0.253 e. The van der Waals surface area contributed by atoms with Crippen molar-refractivity contribution in [1.29, 1.82) is 0 Å². The number of nitrogens with zero attached hydrogens (tertiary/aromatic N) is 1. The van der Waals surface area contributed by atoms with E-state index >= 15 is 0 Å². The molecule has 1 aliphatic heterocycles. The molecule has 0 spiro atoms. The molecular formula is C8H11NO2. The lowest BCUT2D eigenvalue weighted by atomic mass is 10.6. The first-order chi connectivity index (χ1) is 5.13. The van der Waals surface area contributed by atoms with Crippen LogP contribution >= 0.6 is 0 Å². The number of allylic oxidation sites excluding steroid dienone is 1. The van der Waals surface area contributed by atoms with E-state index in [4.69, 9.17) is 0 Å². The van der Waals surface area contributed by atoms with Crippen LogP contribution in [-0.4, -0.2) is 23.8 Å². The normalized spacial score (nSPS) is 14.5. The molecule has 11 heavy (non-hydrogen) atoms. The monoisotopic (exact) mass is 153 g/mol. The van der Waals surface area contributed by atoms with Crippen molar-refractivity contribution in [2.45, 2.75) is 6.92 Å². The van der Waals surface area contributed by atoms with Crippen LogP contribution < -0.4 is 0 Å². The summed E-state index contributed by atoms with van der Waals surface area (Å²) in [7, 11) is 1.45. The molecule has 60 valence electrons. The number of rotatable bonds is 0. The van der Waals surface area contributed by atoms with Gasteiger partial charge in [0.2, 0.25) is 0 Å². The minimum Gasteiger partial charge on any atom is -0.279 e. The first-order valence-corrected chi connectivity index (χ1v) is 3.20. The fourth-order valence-corrected chi connectivity index (χ4v) is 0.475. The highest BCUT2D eigenvalue weighted by molar-refractivity contribution is 6.12. The van der Waals surface area contributed by atoms with Crippen molar-refractivity contribution in [2.24, 2.45) is 0 Å². The lowest BCUT2D eigenvalue weighted by Gasteiger charge is -2.01. The van der Waals surface area contributed by atoms with E-state index in [1.54, 1.807) is 6.08 Å². The van der Waals surface area contributed by atoms with Gasteiger partial charge in [0.15, 0.2) is 0 Å². The van der Waals surface area contributed by atoms with Crippen molar-refractivity contribution in [2.75, 3.05) is 7.05 Å². The maximum Gasteiger partial charge on any atom is 0.253 e. The number of carbonyl (C=O) groups is 2. The van der Waals surface area contributed by atoms with Crippen molar-refractivity contribution in [3.8, 4) is 0 Å². The van der Waals surface area contributed by atoms with Crippen molar-refractivity contribution in [1.82, 2.24) is 4.90 Å². The van der Waals surface area contributed by atoms with Crippen LogP contribution in [0.5, 0.6) is 0 Å². The second-order valence-corrected chi connectivity index (χ2v) is 1.98. The van der Waals surface area contributed by atoms with Crippen LogP contribution in [0.3, 0.4) is 0 Å². The molecule has 2 amide bonds. The topological polar surface area (TPSA) is 37.4 Å². The fourth-order valence-electron chi connectivity index (χ4n) is 0.475. The van der Waals surface area contributed by atoms with Crippen LogP contribution in [0.4, 0.5) is 0 Å². The summed E-state index contributed by atoms with van der Waals surface area (Å²) in [5, 5.41) is 0. The predicted octanol–water partition coefficient (Wildman–Crippen LogP) is 0.734. The number of amides is 2. The Morgan fingerprint density at radius 1 is 1.36 bits per heavy atom. The van der Waals surface area contributed by atoms with Crippen LogP contribution in [0.2, 0.25) is 0 Å². The minimum absolute atomic E-state index is 0.241. The second-order valence-electron chi connectivity index (χ2n) is 1.98. The molecule has 0 bridgehead atoms. The van der Waals surface area contributed by atoms with Gasteiger partial charge in [0.05, 0.1) is 0 Å². The first kappa shape index (κ1) is 9.62. The Morgan fingerprint density at radius 2 is 1.64 bits per heavy atom. The summed E-state index contributed by atoms with van der Waals surface area (Å²) in [6.07, 6.45) is 4.25. The highest BCUT2D eigenvalue weighted by Gasteiger charge is 2.17. The van der Waals surface area contributed by atoms with Gasteiger partial charge < -0.3 is 0 Å². The molecule has 0 aromatic rings. The zero-order valence-electron chi connectivity index (χ0n) is 6.70. The molecule has 0 saturated heterocycles. The van der Waals surface area contributed by atoms with Gasteiger partial charge in [-0.3, -0.25) is 14.5 Å². The lowest BCUT2D eigenvalue weighted by Crippen LogP contribution is -2.24. The number of hydrogen-bond acceptors (Lipinski definition) is 2. The molecule has 0 aromatic carbocycles. The number of imide groups is 1. The van der Waals surface area contributed by atoms with E-state index in [2.05, 4.69) is 6.58 Å². The van der Waals surface area contributed by atoms with Crippen molar-refractivity contribution in [3.05, 3.63) is 24.8 Å². The maximum absolute atomic E-state index is 10.4. The van der Waals surface area contributed by atoms with E-state index in [0.29, 0.717) is 0 Å². The van der Waals surface area contributed by atoms with Crippen LogP contribution in [-0.2, 0) is 9.59 Å². The van der Waals surface area contributed by atoms with Crippen LogP contribution in [0.25, 0.3) is 0 Å². The quantitative estimate of drug-likeness (QED) is 0.380. The lowest BCUT2D eigenvalue weighted by molar-refractivity contribution is -0.135. The standard InChI is InChI=1S/C5H5NO2.C3H6/c1-6-4(7)2-3-5(6)8;1-3-2/h2-3H,1H3;3H,1H2,2H3. The van der Waals surface area contributed by atoms with E-state index in [0.717, 1.165) is 4.90 Å². The van der Waals surface area contributed by atoms with Gasteiger partial charge in [-0.1, -0.05) is 6.08 Å². The van der Waals surface area contributed by atoms with Gasteiger partial charge in [-0.15, -0.1) is 6.58 Å². The molecule has 1 aliphatic rings. The molecule has 0 saturated carbocycles. The second kappa shape index (κ2) is 4.44. The van der Waals surface area contributed by atoms with E-state index in [-0.39, 0.29) is 11.8 Å². The van der Waals surface area contributed by atoms with Crippen molar-refractivity contribution < 1.29 is 9.59 Å². The average molecular weight is 153 g/mol. The van der Waals surface area contributed by atoms with Gasteiger partial charge in [-0.2, -0.15) is 0 Å². The highest BCUT2D eigenvalue weighted by Crippen LogP contribution is 1.97. The van der Waals surface area contributed by atoms with E-state index in [9.17, 15) is 9.59 Å². The minimum atomic E-state index is -0.241. The SMILES string of the molecule is C=CC.CN1C(=O)C=CC1=O. The van der Waals surface area contributed by atoms with Crippen molar-refractivity contribution >= 4 is 11.8 Å². The van der Waals surface area contributed by atoms with Gasteiger partial charge in [0, 0.05) is 19.2 Å². The average Bonchev–Trinajstić information content (AvgIpc) is 2.22. The van der Waals surface area contributed by atoms with Crippen molar-refractivity contribution in [3.63, 3.8) is 0 Å². The van der Waals surface area contributed by atoms with Gasteiger partial charge in [0.1, 0.15) is 0 Å². The van der Waals surface area contributed by atoms with Gasteiger partial charge >= 0.3 is 0 Å². The molecule has 3 nitrogen and oxygen atoms in total. The first-order valence-electron chi connectivity index (χ1n) is 3.20. The number of hydrogen-bond donors (Lipinski definition) is 0. The summed E-state index contributed by atoms with van der Waals surface area (Å²) in [4.78, 5) is 21.9. The Hall–Kier alpha value is -1.38. The molecule has 1 heterocycles. The zero-order valence-corrected chi connectivity index (χ0v) is 6.70. The molecule has 0 radical (unpaired) electrons.